The molecule has 0 radical (unpaired) electrons. The van der Waals surface area contributed by atoms with Crippen LogP contribution in [0.15, 0.2) is 24.3 Å². The van der Waals surface area contributed by atoms with Crippen LogP contribution in [0.1, 0.15) is 62.5 Å². The summed E-state index contributed by atoms with van der Waals surface area (Å²) in [5, 5.41) is 8.87. The van der Waals surface area contributed by atoms with Crippen molar-refractivity contribution in [3.63, 3.8) is 0 Å². The number of rotatable bonds is 5. The molecule has 1 aliphatic rings. The molecule has 1 aromatic rings. The van der Waals surface area contributed by atoms with Gasteiger partial charge in [-0.05, 0) is 61.6 Å². The van der Waals surface area contributed by atoms with Crippen molar-refractivity contribution in [3.05, 3.63) is 35.4 Å². The summed E-state index contributed by atoms with van der Waals surface area (Å²) in [6.45, 7) is 2.25. The first-order valence-corrected chi connectivity index (χ1v) is 9.77. The summed E-state index contributed by atoms with van der Waals surface area (Å²) in [6.07, 6.45) is 7.61. The van der Waals surface area contributed by atoms with Crippen LogP contribution in [-0.2, 0) is 0 Å². The van der Waals surface area contributed by atoms with Crippen molar-refractivity contribution >= 4 is 31.9 Å². The monoisotopic (exact) mass is 411 g/mol. The van der Waals surface area contributed by atoms with E-state index in [0.717, 1.165) is 11.5 Å². The Hall–Kier alpha value is -0.330. The lowest BCUT2D eigenvalue weighted by molar-refractivity contribution is 0.316. The molecular formula is C18H23Br2N. The number of benzene rings is 1. The highest BCUT2D eigenvalue weighted by atomic mass is 79.9. The third-order valence-electron chi connectivity index (χ3n) is 4.64. The van der Waals surface area contributed by atoms with Crippen LogP contribution in [0.4, 0.5) is 0 Å². The molecule has 21 heavy (non-hydrogen) atoms. The highest BCUT2D eigenvalue weighted by Gasteiger charge is 2.30. The van der Waals surface area contributed by atoms with Crippen LogP contribution in [0.2, 0.25) is 0 Å². The van der Waals surface area contributed by atoms with Gasteiger partial charge in [-0.3, -0.25) is 0 Å². The third-order valence-corrected chi connectivity index (χ3v) is 7.77. The standard InChI is InChI=1S/C18H23Br2N/c1-2-3-17(19)18(20)16-10-8-15(9-11-16)14-6-4-13(12-21)5-7-14/h4-7,15-18H,2-3,8-11H2,1H3. The number of nitrogens with zero attached hydrogens (tertiary/aromatic N) is 1. The molecule has 114 valence electrons. The summed E-state index contributed by atoms with van der Waals surface area (Å²) in [6, 6.07) is 10.4. The Morgan fingerprint density at radius 3 is 2.29 bits per heavy atom. The summed E-state index contributed by atoms with van der Waals surface area (Å²) < 4.78 is 0. The van der Waals surface area contributed by atoms with Crippen LogP contribution >= 0.6 is 31.9 Å². The predicted octanol–water partition coefficient (Wildman–Crippen LogP) is 6.16. The van der Waals surface area contributed by atoms with Crippen molar-refractivity contribution < 1.29 is 0 Å². The number of halogens is 2. The fourth-order valence-electron chi connectivity index (χ4n) is 3.33. The second kappa shape index (κ2) is 8.34. The summed E-state index contributed by atoms with van der Waals surface area (Å²) >= 11 is 7.76. The first kappa shape index (κ1) is 17.0. The minimum absolute atomic E-state index is 0.596. The van der Waals surface area contributed by atoms with Gasteiger partial charge in [0.05, 0.1) is 11.6 Å². The topological polar surface area (TPSA) is 23.8 Å². The Kier molecular flexibility index (Phi) is 6.76. The number of nitriles is 1. The molecule has 2 rings (SSSR count). The van der Waals surface area contributed by atoms with Gasteiger partial charge >= 0.3 is 0 Å². The average Bonchev–Trinajstić information content (AvgIpc) is 2.54. The van der Waals surface area contributed by atoms with E-state index in [9.17, 15) is 0 Å². The van der Waals surface area contributed by atoms with Gasteiger partial charge in [0.1, 0.15) is 0 Å². The van der Waals surface area contributed by atoms with Crippen LogP contribution < -0.4 is 0 Å². The molecule has 2 unspecified atom stereocenters. The Bertz CT molecular complexity index is 469. The molecule has 1 saturated carbocycles. The SMILES string of the molecule is CCCC(Br)C(Br)C1CCC(c2ccc(C#N)cc2)CC1. The van der Waals surface area contributed by atoms with Gasteiger partial charge in [0.25, 0.3) is 0 Å². The Balaban J connectivity index is 1.89. The average molecular weight is 413 g/mol. The van der Waals surface area contributed by atoms with Crippen LogP contribution in [0.3, 0.4) is 0 Å². The zero-order chi connectivity index (χ0) is 15.2. The van der Waals surface area contributed by atoms with Gasteiger partial charge in [-0.2, -0.15) is 5.26 Å². The van der Waals surface area contributed by atoms with Crippen LogP contribution in [0.25, 0.3) is 0 Å². The van der Waals surface area contributed by atoms with E-state index in [-0.39, 0.29) is 0 Å². The fourth-order valence-corrected chi connectivity index (χ4v) is 5.01. The molecule has 1 aliphatic carbocycles. The summed E-state index contributed by atoms with van der Waals surface area (Å²) in [7, 11) is 0. The van der Waals surface area contributed by atoms with Gasteiger partial charge in [-0.1, -0.05) is 57.3 Å². The predicted molar refractivity (Wildman–Crippen MR) is 96.2 cm³/mol. The lowest BCUT2D eigenvalue weighted by Crippen LogP contribution is -2.27. The highest BCUT2D eigenvalue weighted by molar-refractivity contribution is 9.12. The lowest BCUT2D eigenvalue weighted by atomic mass is 9.77. The summed E-state index contributed by atoms with van der Waals surface area (Å²) in [4.78, 5) is 1.19. The molecular weight excluding hydrogens is 390 g/mol. The maximum absolute atomic E-state index is 8.87. The summed E-state index contributed by atoms with van der Waals surface area (Å²) in [5.41, 5.74) is 2.16. The van der Waals surface area contributed by atoms with E-state index < -0.39 is 0 Å². The third kappa shape index (κ3) is 4.57. The minimum Gasteiger partial charge on any atom is -0.192 e. The van der Waals surface area contributed by atoms with Gasteiger partial charge in [0.15, 0.2) is 0 Å². The first-order chi connectivity index (χ1) is 10.2. The van der Waals surface area contributed by atoms with E-state index in [1.54, 1.807) is 0 Å². The Labute approximate surface area is 145 Å². The highest BCUT2D eigenvalue weighted by Crippen LogP contribution is 2.41. The van der Waals surface area contributed by atoms with Crippen molar-refractivity contribution in [1.82, 2.24) is 0 Å². The van der Waals surface area contributed by atoms with Crippen molar-refractivity contribution in [2.75, 3.05) is 0 Å². The molecule has 1 nitrogen and oxygen atoms in total. The zero-order valence-electron chi connectivity index (χ0n) is 12.6. The first-order valence-electron chi connectivity index (χ1n) is 7.94. The molecule has 0 N–H and O–H groups in total. The second-order valence-electron chi connectivity index (χ2n) is 6.09. The van der Waals surface area contributed by atoms with E-state index >= 15 is 0 Å². The van der Waals surface area contributed by atoms with E-state index in [4.69, 9.17) is 5.26 Å². The minimum atomic E-state index is 0.596. The fraction of sp³-hybridized carbons (Fsp3) is 0.611. The summed E-state index contributed by atoms with van der Waals surface area (Å²) in [5.74, 6) is 1.46. The number of hydrogen-bond acceptors (Lipinski definition) is 1. The molecule has 0 saturated heterocycles. The maximum Gasteiger partial charge on any atom is 0.0991 e. The lowest BCUT2D eigenvalue weighted by Gasteiger charge is -2.33. The van der Waals surface area contributed by atoms with E-state index in [0.29, 0.717) is 15.6 Å². The number of alkyl halides is 2. The van der Waals surface area contributed by atoms with Gasteiger partial charge in [-0.25, -0.2) is 0 Å². The van der Waals surface area contributed by atoms with Gasteiger partial charge in [0.2, 0.25) is 0 Å². The van der Waals surface area contributed by atoms with Crippen molar-refractivity contribution in [2.45, 2.75) is 61.0 Å². The molecule has 0 aliphatic heterocycles. The van der Waals surface area contributed by atoms with Crippen molar-refractivity contribution in [1.29, 1.82) is 5.26 Å². The molecule has 0 aromatic heterocycles. The molecule has 1 aromatic carbocycles. The van der Waals surface area contributed by atoms with Gasteiger partial charge in [-0.15, -0.1) is 0 Å². The molecule has 3 heteroatoms. The van der Waals surface area contributed by atoms with Crippen LogP contribution in [-0.4, -0.2) is 9.65 Å². The van der Waals surface area contributed by atoms with Gasteiger partial charge < -0.3 is 0 Å². The van der Waals surface area contributed by atoms with E-state index in [1.165, 1.54) is 44.1 Å². The Morgan fingerprint density at radius 1 is 1.14 bits per heavy atom. The second-order valence-corrected chi connectivity index (χ2v) is 8.33. The van der Waals surface area contributed by atoms with Gasteiger partial charge in [0, 0.05) is 9.65 Å². The molecule has 1 fully saturated rings. The maximum atomic E-state index is 8.87. The Morgan fingerprint density at radius 2 is 1.76 bits per heavy atom. The van der Waals surface area contributed by atoms with E-state index in [1.807, 2.05) is 12.1 Å². The molecule has 2 atom stereocenters. The van der Waals surface area contributed by atoms with E-state index in [2.05, 4.69) is 57.0 Å². The smallest absolute Gasteiger partial charge is 0.0991 e. The van der Waals surface area contributed by atoms with Crippen LogP contribution in [0, 0.1) is 17.2 Å². The molecule has 0 amide bonds. The molecule has 0 bridgehead atoms. The molecule has 0 spiro atoms. The normalized spacial score (nSPS) is 25.0. The largest absolute Gasteiger partial charge is 0.192 e. The number of hydrogen-bond donors (Lipinski definition) is 0. The van der Waals surface area contributed by atoms with Crippen molar-refractivity contribution in [2.24, 2.45) is 5.92 Å². The quantitative estimate of drug-likeness (QED) is 0.531. The zero-order valence-corrected chi connectivity index (χ0v) is 15.7. The van der Waals surface area contributed by atoms with Crippen molar-refractivity contribution in [3.8, 4) is 6.07 Å². The van der Waals surface area contributed by atoms with Crippen LogP contribution in [0.5, 0.6) is 0 Å². The molecule has 0 heterocycles.